The molecule has 0 aliphatic carbocycles. The third kappa shape index (κ3) is 8.85. The Morgan fingerprint density at radius 3 is 1.52 bits per heavy atom. The molecule has 0 aliphatic heterocycles. The largest absolute Gasteiger partial charge is 1.00 e. The van der Waals surface area contributed by atoms with Crippen molar-refractivity contribution in [3.05, 3.63) is 106 Å². The van der Waals surface area contributed by atoms with Gasteiger partial charge in [0, 0.05) is 12.1 Å². The Kier molecular flexibility index (Phi) is 14.2. The number of thiophene rings is 2. The van der Waals surface area contributed by atoms with E-state index in [9.17, 15) is 9.59 Å². The third-order valence-electron chi connectivity index (χ3n) is 6.72. The second-order valence-electron chi connectivity index (χ2n) is 9.50. The van der Waals surface area contributed by atoms with E-state index in [1.807, 2.05) is 61.0 Å². The number of fused-ring (bicyclic) bond motifs is 2. The summed E-state index contributed by atoms with van der Waals surface area (Å²) in [5, 5.41) is 21.6. The number of anilines is 2. The van der Waals surface area contributed by atoms with Crippen molar-refractivity contribution in [3.63, 3.8) is 0 Å². The average Bonchev–Trinajstić information content (AvgIpc) is 3.72. The number of hydrogen-bond donors (Lipinski definition) is 3. The molecule has 0 saturated carbocycles. The fourth-order valence-corrected chi connectivity index (χ4v) is 5.79. The summed E-state index contributed by atoms with van der Waals surface area (Å²) in [5.41, 5.74) is 2.89. The van der Waals surface area contributed by atoms with Gasteiger partial charge in [0.1, 0.15) is 34.0 Å². The molecule has 234 valence electrons. The Labute approximate surface area is 284 Å². The molecular formula is C31H31LiN6O6S2. The minimum Gasteiger partial charge on any atom is -0.870 e. The number of aromatic carboxylic acids is 1. The van der Waals surface area contributed by atoms with Crippen LogP contribution >= 0.6 is 22.7 Å². The molecule has 0 radical (unpaired) electrons. The maximum absolute atomic E-state index is 11.4. The first-order chi connectivity index (χ1) is 20.8. The van der Waals surface area contributed by atoms with Crippen molar-refractivity contribution in [3.8, 4) is 0 Å². The van der Waals surface area contributed by atoms with Crippen LogP contribution < -0.4 is 29.5 Å². The Hall–Kier alpha value is -4.42. The van der Waals surface area contributed by atoms with Gasteiger partial charge in [0.15, 0.2) is 0 Å². The van der Waals surface area contributed by atoms with Crippen molar-refractivity contribution in [2.24, 2.45) is 0 Å². The van der Waals surface area contributed by atoms with Crippen molar-refractivity contribution < 1.29 is 49.2 Å². The molecule has 4 aromatic heterocycles. The molecule has 12 nitrogen and oxygen atoms in total. The van der Waals surface area contributed by atoms with Crippen molar-refractivity contribution in [1.29, 1.82) is 0 Å². The average molecular weight is 655 g/mol. The molecule has 0 aliphatic rings. The standard InChI is InChI=1S/C16H15N3O2S.C15H13N3O2S.Li.2H2O/c1-10(11-3-5-12(6-4-11)16(20)21-2)19-14-13-7-8-22-15(13)18-9-17-14;1-9(10-2-4-11(5-3-10)15(19)20)18-13-12-6-7-21-14(12)17-8-16-13;;;/h3-10H,1-2H3,(H,17,18,19);2-9H,1H3,(H,19,20)(H,16,17,18);;2*1H2/q;;+1;;/p-1/t10-;9-;;;/m00.../s1. The van der Waals surface area contributed by atoms with Crippen molar-refractivity contribution in [2.75, 3.05) is 17.7 Å². The molecule has 2 aromatic carbocycles. The number of nitrogens with one attached hydrogen (secondary N) is 2. The molecule has 6 rings (SSSR count). The molecular weight excluding hydrogens is 623 g/mol. The Balaban J connectivity index is 0.000000301. The van der Waals surface area contributed by atoms with Gasteiger partial charge in [0.05, 0.1) is 29.0 Å². The van der Waals surface area contributed by atoms with Crippen LogP contribution in [0.2, 0.25) is 0 Å². The normalized spacial score (nSPS) is 11.4. The first-order valence-corrected chi connectivity index (χ1v) is 15.0. The predicted octanol–water partition coefficient (Wildman–Crippen LogP) is 3.22. The molecule has 6 aromatic rings. The van der Waals surface area contributed by atoms with Gasteiger partial charge in [-0.1, -0.05) is 24.3 Å². The fraction of sp³-hybridized carbons (Fsp3) is 0.161. The van der Waals surface area contributed by atoms with Gasteiger partial charge in [0.25, 0.3) is 0 Å². The fourth-order valence-electron chi connectivity index (χ4n) is 4.33. The predicted molar refractivity (Wildman–Crippen MR) is 176 cm³/mol. The number of carbonyl (C=O) groups excluding carboxylic acids is 1. The van der Waals surface area contributed by atoms with Crippen LogP contribution in [0.5, 0.6) is 0 Å². The number of carbonyl (C=O) groups is 2. The summed E-state index contributed by atoms with van der Waals surface area (Å²) < 4.78 is 4.70. The smallest absolute Gasteiger partial charge is 0.870 e. The Morgan fingerprint density at radius 2 is 1.13 bits per heavy atom. The van der Waals surface area contributed by atoms with Crippen LogP contribution in [0.4, 0.5) is 11.6 Å². The number of ether oxygens (including phenoxy) is 1. The minimum atomic E-state index is -0.919. The zero-order valence-corrected chi connectivity index (χ0v) is 27.1. The third-order valence-corrected chi connectivity index (χ3v) is 8.36. The number of benzene rings is 2. The van der Waals surface area contributed by atoms with Gasteiger partial charge in [-0.25, -0.2) is 29.5 Å². The molecule has 15 heteroatoms. The summed E-state index contributed by atoms with van der Waals surface area (Å²) in [7, 11) is 1.38. The van der Waals surface area contributed by atoms with Crippen LogP contribution in [0.15, 0.2) is 84.1 Å². The monoisotopic (exact) mass is 654 g/mol. The van der Waals surface area contributed by atoms with Gasteiger partial charge >= 0.3 is 30.8 Å². The number of carboxylic acids is 1. The minimum absolute atomic E-state index is 0. The van der Waals surface area contributed by atoms with Crippen molar-refractivity contribution in [2.45, 2.75) is 25.9 Å². The van der Waals surface area contributed by atoms with E-state index in [0.29, 0.717) is 5.56 Å². The molecule has 0 spiro atoms. The van der Waals surface area contributed by atoms with Crippen LogP contribution in [-0.4, -0.2) is 55.0 Å². The molecule has 46 heavy (non-hydrogen) atoms. The molecule has 0 saturated heterocycles. The van der Waals surface area contributed by atoms with E-state index in [0.717, 1.165) is 43.2 Å². The van der Waals surface area contributed by atoms with Gasteiger partial charge in [-0.15, -0.1) is 22.7 Å². The maximum Gasteiger partial charge on any atom is 1.00 e. The summed E-state index contributed by atoms with van der Waals surface area (Å²) in [6, 6.07) is 18.3. The molecule has 2 atom stereocenters. The number of carboxylic acid groups (broad SMARTS) is 1. The number of aromatic nitrogens is 4. The topological polar surface area (TPSA) is 201 Å². The first-order valence-electron chi connectivity index (χ1n) is 13.2. The number of esters is 1. The van der Waals surface area contributed by atoms with Gasteiger partial charge in [0.2, 0.25) is 0 Å². The summed E-state index contributed by atoms with van der Waals surface area (Å²) in [6.45, 7) is 4.06. The maximum atomic E-state index is 11.4. The first kappa shape index (κ1) is 37.8. The van der Waals surface area contributed by atoms with Gasteiger partial charge in [-0.2, -0.15) is 0 Å². The molecule has 4 heterocycles. The van der Waals surface area contributed by atoms with Crippen molar-refractivity contribution >= 4 is 66.7 Å². The Morgan fingerprint density at radius 1 is 0.717 bits per heavy atom. The van der Waals surface area contributed by atoms with E-state index in [1.54, 1.807) is 59.6 Å². The van der Waals surface area contributed by atoms with E-state index in [1.165, 1.54) is 7.11 Å². The quantitative estimate of drug-likeness (QED) is 0.161. The number of rotatable bonds is 8. The zero-order chi connectivity index (χ0) is 30.3. The van der Waals surface area contributed by atoms with Gasteiger partial charge < -0.3 is 31.4 Å². The summed E-state index contributed by atoms with van der Waals surface area (Å²) in [5.74, 6) is 0.354. The number of nitrogens with zero attached hydrogens (tertiary/aromatic N) is 4. The van der Waals surface area contributed by atoms with E-state index in [-0.39, 0.29) is 53.4 Å². The van der Waals surface area contributed by atoms with E-state index in [4.69, 9.17) is 9.84 Å². The van der Waals surface area contributed by atoms with E-state index >= 15 is 0 Å². The summed E-state index contributed by atoms with van der Waals surface area (Å²) in [6.07, 6.45) is 3.11. The number of methoxy groups -OCH3 is 1. The van der Waals surface area contributed by atoms with Gasteiger partial charge in [-0.3, -0.25) is 0 Å². The number of hydrogen-bond acceptors (Lipinski definition) is 12. The second-order valence-corrected chi connectivity index (χ2v) is 11.3. The van der Waals surface area contributed by atoms with Crippen molar-refractivity contribution in [1.82, 2.24) is 19.9 Å². The molecule has 0 fully saturated rings. The van der Waals surface area contributed by atoms with Crippen LogP contribution in [-0.2, 0) is 4.74 Å². The van der Waals surface area contributed by atoms with Gasteiger partial charge in [-0.05, 0) is 72.1 Å². The van der Waals surface area contributed by atoms with E-state index in [2.05, 4.69) is 30.6 Å². The summed E-state index contributed by atoms with van der Waals surface area (Å²) in [4.78, 5) is 41.3. The van der Waals surface area contributed by atoms with Crippen LogP contribution in [0.3, 0.4) is 0 Å². The second kappa shape index (κ2) is 17.3. The van der Waals surface area contributed by atoms with E-state index < -0.39 is 5.97 Å². The van der Waals surface area contributed by atoms with Crippen LogP contribution in [0, 0.1) is 0 Å². The van der Waals surface area contributed by atoms with Crippen LogP contribution in [0.25, 0.3) is 20.4 Å². The molecule has 0 bridgehead atoms. The molecule has 0 unspecified atom stereocenters. The summed E-state index contributed by atoms with van der Waals surface area (Å²) >= 11 is 3.16. The Bertz CT molecular complexity index is 1870. The SMILES string of the molecule is COC(=O)c1ccc([C@H](C)Nc2ncnc3sccc23)cc1.C[C@H](Nc1ncnc2sccc12)c1ccc(C(=O)O)cc1.O.[Li+].[OH-]. The van der Waals surface area contributed by atoms with Crippen LogP contribution in [0.1, 0.15) is 57.8 Å². The molecule has 0 amide bonds. The zero-order valence-electron chi connectivity index (χ0n) is 25.5. The molecule has 6 N–H and O–H groups in total.